The summed E-state index contributed by atoms with van der Waals surface area (Å²) >= 11 is 0. The predicted octanol–water partition coefficient (Wildman–Crippen LogP) is 4.97. The fraction of sp³-hybridized carbons (Fsp3) is 0.217. The van der Waals surface area contributed by atoms with Crippen LogP contribution >= 0.6 is 0 Å². The van der Waals surface area contributed by atoms with Crippen LogP contribution in [-0.2, 0) is 10.0 Å². The van der Waals surface area contributed by atoms with Gasteiger partial charge in [0.2, 0.25) is 0 Å². The summed E-state index contributed by atoms with van der Waals surface area (Å²) in [6, 6.07) is 20.9. The first-order valence-electron chi connectivity index (χ1n) is 9.26. The standard InChI is InChI=1S/C23H25NO4S/c1-17-7-5-8-19(15-17)18(2)24(20-9-6-10-22(16-20)28-4)29(25,26)23-13-11-21(27-3)12-14-23/h5-16,18H,1-4H3/t18-/m1/s1. The van der Waals surface area contributed by atoms with Crippen LogP contribution in [0.25, 0.3) is 0 Å². The van der Waals surface area contributed by atoms with Crippen LogP contribution in [0.1, 0.15) is 24.1 Å². The minimum atomic E-state index is -3.84. The van der Waals surface area contributed by atoms with E-state index in [1.165, 1.54) is 4.31 Å². The highest BCUT2D eigenvalue weighted by Gasteiger charge is 2.30. The van der Waals surface area contributed by atoms with E-state index in [9.17, 15) is 8.42 Å². The van der Waals surface area contributed by atoms with Gasteiger partial charge < -0.3 is 9.47 Å². The third-order valence-electron chi connectivity index (χ3n) is 4.80. The zero-order chi connectivity index (χ0) is 21.0. The molecule has 0 amide bonds. The molecule has 0 radical (unpaired) electrons. The third kappa shape index (κ3) is 4.38. The van der Waals surface area contributed by atoms with Gasteiger partial charge in [-0.05, 0) is 55.8 Å². The second-order valence-corrected chi connectivity index (χ2v) is 8.58. The zero-order valence-electron chi connectivity index (χ0n) is 17.0. The number of hydrogen-bond acceptors (Lipinski definition) is 4. The molecular weight excluding hydrogens is 386 g/mol. The van der Waals surface area contributed by atoms with Crippen LogP contribution in [0.5, 0.6) is 11.5 Å². The minimum absolute atomic E-state index is 0.195. The van der Waals surface area contributed by atoms with Gasteiger partial charge in [-0.25, -0.2) is 8.42 Å². The molecule has 5 nitrogen and oxygen atoms in total. The molecule has 0 aromatic heterocycles. The average molecular weight is 412 g/mol. The summed E-state index contributed by atoms with van der Waals surface area (Å²) in [5, 5.41) is 0. The SMILES string of the molecule is COc1ccc(S(=O)(=O)N(c2cccc(OC)c2)[C@H](C)c2cccc(C)c2)cc1. The zero-order valence-corrected chi connectivity index (χ0v) is 17.8. The third-order valence-corrected chi connectivity index (χ3v) is 6.71. The van der Waals surface area contributed by atoms with Crippen molar-refractivity contribution in [1.29, 1.82) is 0 Å². The van der Waals surface area contributed by atoms with Crippen LogP contribution in [-0.4, -0.2) is 22.6 Å². The number of aryl methyl sites for hydroxylation is 1. The highest BCUT2D eigenvalue weighted by molar-refractivity contribution is 7.92. The maximum atomic E-state index is 13.7. The van der Waals surface area contributed by atoms with E-state index < -0.39 is 16.1 Å². The van der Waals surface area contributed by atoms with Gasteiger partial charge in [-0.1, -0.05) is 35.9 Å². The summed E-state index contributed by atoms with van der Waals surface area (Å²) < 4.78 is 39.3. The number of sulfonamides is 1. The van der Waals surface area contributed by atoms with Crippen LogP contribution in [0.15, 0.2) is 77.7 Å². The fourth-order valence-corrected chi connectivity index (χ4v) is 4.88. The lowest BCUT2D eigenvalue weighted by Gasteiger charge is -2.31. The first-order valence-corrected chi connectivity index (χ1v) is 10.7. The van der Waals surface area contributed by atoms with Gasteiger partial charge in [0, 0.05) is 6.07 Å². The average Bonchev–Trinajstić information content (AvgIpc) is 2.74. The number of nitrogens with zero attached hydrogens (tertiary/aromatic N) is 1. The van der Waals surface area contributed by atoms with Gasteiger partial charge >= 0.3 is 0 Å². The van der Waals surface area contributed by atoms with Gasteiger partial charge in [-0.15, -0.1) is 0 Å². The Bertz CT molecular complexity index is 1080. The van der Waals surface area contributed by atoms with Gasteiger partial charge in [-0.3, -0.25) is 4.31 Å². The molecule has 3 aromatic carbocycles. The second-order valence-electron chi connectivity index (χ2n) is 6.77. The molecule has 0 aliphatic heterocycles. The molecule has 29 heavy (non-hydrogen) atoms. The smallest absolute Gasteiger partial charge is 0.264 e. The minimum Gasteiger partial charge on any atom is -0.497 e. The molecule has 0 heterocycles. The van der Waals surface area contributed by atoms with E-state index in [4.69, 9.17) is 9.47 Å². The largest absolute Gasteiger partial charge is 0.497 e. The van der Waals surface area contributed by atoms with Crippen LogP contribution in [0, 0.1) is 6.92 Å². The van der Waals surface area contributed by atoms with E-state index in [0.29, 0.717) is 17.2 Å². The van der Waals surface area contributed by atoms with Gasteiger partial charge in [0.15, 0.2) is 0 Å². The maximum Gasteiger partial charge on any atom is 0.264 e. The summed E-state index contributed by atoms with van der Waals surface area (Å²) in [6.45, 7) is 3.87. The Balaban J connectivity index is 2.15. The Hall–Kier alpha value is -2.99. The first-order chi connectivity index (χ1) is 13.9. The van der Waals surface area contributed by atoms with Crippen LogP contribution in [0.3, 0.4) is 0 Å². The van der Waals surface area contributed by atoms with E-state index in [2.05, 4.69) is 0 Å². The number of benzene rings is 3. The van der Waals surface area contributed by atoms with Crippen LogP contribution in [0.2, 0.25) is 0 Å². The number of methoxy groups -OCH3 is 2. The Kier molecular flexibility index (Phi) is 6.13. The molecule has 3 aromatic rings. The molecule has 0 spiro atoms. The van der Waals surface area contributed by atoms with Gasteiger partial charge in [-0.2, -0.15) is 0 Å². The van der Waals surface area contributed by atoms with Crippen molar-refractivity contribution in [3.63, 3.8) is 0 Å². The molecule has 0 saturated heterocycles. The van der Waals surface area contributed by atoms with E-state index >= 15 is 0 Å². The van der Waals surface area contributed by atoms with E-state index in [1.807, 2.05) is 38.1 Å². The Morgan fingerprint density at radius 1 is 0.828 bits per heavy atom. The number of anilines is 1. The lowest BCUT2D eigenvalue weighted by Crippen LogP contribution is -2.33. The van der Waals surface area contributed by atoms with Crippen molar-refractivity contribution in [3.05, 3.63) is 83.9 Å². The van der Waals surface area contributed by atoms with E-state index in [0.717, 1.165) is 11.1 Å². The summed E-state index contributed by atoms with van der Waals surface area (Å²) in [6.07, 6.45) is 0. The highest BCUT2D eigenvalue weighted by Crippen LogP contribution is 2.35. The van der Waals surface area contributed by atoms with Crippen molar-refractivity contribution in [1.82, 2.24) is 0 Å². The number of rotatable bonds is 7. The monoisotopic (exact) mass is 411 g/mol. The number of ether oxygens (including phenoxy) is 2. The molecule has 6 heteroatoms. The molecule has 1 atom stereocenters. The molecule has 0 bridgehead atoms. The highest BCUT2D eigenvalue weighted by atomic mass is 32.2. The lowest BCUT2D eigenvalue weighted by atomic mass is 10.1. The summed E-state index contributed by atoms with van der Waals surface area (Å²) in [5.74, 6) is 1.19. The summed E-state index contributed by atoms with van der Waals surface area (Å²) in [4.78, 5) is 0.195. The molecule has 0 saturated carbocycles. The van der Waals surface area contributed by atoms with Crippen molar-refractivity contribution >= 4 is 15.7 Å². The molecule has 0 aliphatic rings. The Labute approximate surface area is 172 Å². The molecule has 3 rings (SSSR count). The van der Waals surface area contributed by atoms with Crippen molar-refractivity contribution < 1.29 is 17.9 Å². The summed E-state index contributed by atoms with van der Waals surface area (Å²) in [5.41, 5.74) is 2.51. The Morgan fingerprint density at radius 2 is 1.48 bits per heavy atom. The number of hydrogen-bond donors (Lipinski definition) is 0. The topological polar surface area (TPSA) is 55.8 Å². The fourth-order valence-electron chi connectivity index (χ4n) is 3.24. The maximum absolute atomic E-state index is 13.7. The lowest BCUT2D eigenvalue weighted by molar-refractivity contribution is 0.414. The van der Waals surface area contributed by atoms with Crippen LogP contribution < -0.4 is 13.8 Å². The quantitative estimate of drug-likeness (QED) is 0.551. The van der Waals surface area contributed by atoms with Crippen molar-refractivity contribution in [3.8, 4) is 11.5 Å². The second kappa shape index (κ2) is 8.57. The molecule has 0 aliphatic carbocycles. The van der Waals surface area contributed by atoms with E-state index in [1.54, 1.807) is 62.8 Å². The molecule has 0 unspecified atom stereocenters. The molecule has 152 valence electrons. The van der Waals surface area contributed by atoms with Crippen molar-refractivity contribution in [2.45, 2.75) is 24.8 Å². The summed E-state index contributed by atoms with van der Waals surface area (Å²) in [7, 11) is -0.734. The van der Waals surface area contributed by atoms with Crippen LogP contribution in [0.4, 0.5) is 5.69 Å². The van der Waals surface area contributed by atoms with Crippen molar-refractivity contribution in [2.75, 3.05) is 18.5 Å². The molecule has 0 N–H and O–H groups in total. The van der Waals surface area contributed by atoms with Gasteiger partial charge in [0.25, 0.3) is 10.0 Å². The predicted molar refractivity (Wildman–Crippen MR) is 115 cm³/mol. The van der Waals surface area contributed by atoms with E-state index in [-0.39, 0.29) is 4.90 Å². The normalized spacial score (nSPS) is 12.3. The Morgan fingerprint density at radius 3 is 2.10 bits per heavy atom. The van der Waals surface area contributed by atoms with Crippen molar-refractivity contribution in [2.24, 2.45) is 0 Å². The van der Waals surface area contributed by atoms with Gasteiger partial charge in [0.1, 0.15) is 11.5 Å². The first kappa shape index (κ1) is 20.7. The van der Waals surface area contributed by atoms with Gasteiger partial charge in [0.05, 0.1) is 30.8 Å². The molecule has 0 fully saturated rings. The molecular formula is C23H25NO4S.